The highest BCUT2D eigenvalue weighted by Crippen LogP contribution is 2.33. The summed E-state index contributed by atoms with van der Waals surface area (Å²) in [5, 5.41) is 12.7. The second-order valence-electron chi connectivity index (χ2n) is 6.68. The third kappa shape index (κ3) is 5.13. The van der Waals surface area contributed by atoms with Crippen LogP contribution < -0.4 is 5.32 Å². The van der Waals surface area contributed by atoms with E-state index in [1.807, 2.05) is 18.2 Å². The van der Waals surface area contributed by atoms with E-state index in [0.717, 1.165) is 30.7 Å². The van der Waals surface area contributed by atoms with Gasteiger partial charge in [-0.25, -0.2) is 4.79 Å². The number of carboxylic acids is 1. The fourth-order valence-electron chi connectivity index (χ4n) is 3.24. The third-order valence-electron chi connectivity index (χ3n) is 4.64. The quantitative estimate of drug-likeness (QED) is 0.848. The Kier molecular flexibility index (Phi) is 6.49. The van der Waals surface area contributed by atoms with E-state index in [-0.39, 0.29) is 18.6 Å². The van der Waals surface area contributed by atoms with Gasteiger partial charge in [0.1, 0.15) is 0 Å². The van der Waals surface area contributed by atoms with Crippen LogP contribution in [-0.4, -0.2) is 41.6 Å². The van der Waals surface area contributed by atoms with Crippen LogP contribution in [0.25, 0.3) is 0 Å². The number of urea groups is 1. The number of halogens is 1. The normalized spacial score (nSPS) is 21.8. The van der Waals surface area contributed by atoms with Gasteiger partial charge in [-0.2, -0.15) is 0 Å². The lowest BCUT2D eigenvalue weighted by Gasteiger charge is -2.31. The summed E-state index contributed by atoms with van der Waals surface area (Å²) >= 11 is 6.08. The van der Waals surface area contributed by atoms with Gasteiger partial charge >= 0.3 is 12.0 Å². The Hall–Kier alpha value is -1.75. The fourth-order valence-corrected chi connectivity index (χ4v) is 3.44. The predicted molar refractivity (Wildman–Crippen MR) is 94.4 cm³/mol. The van der Waals surface area contributed by atoms with Gasteiger partial charge in [-0.3, -0.25) is 4.79 Å². The summed E-state index contributed by atoms with van der Waals surface area (Å²) in [7, 11) is 1.63. The van der Waals surface area contributed by atoms with Crippen LogP contribution in [0.1, 0.15) is 44.1 Å². The molecular weight excluding hydrogens is 328 g/mol. The second kappa shape index (κ2) is 8.38. The van der Waals surface area contributed by atoms with Crippen molar-refractivity contribution in [3.05, 3.63) is 34.9 Å². The molecule has 0 saturated heterocycles. The Morgan fingerprint density at radius 2 is 2.17 bits per heavy atom. The molecule has 0 bridgehead atoms. The Bertz CT molecular complexity index is 593. The first-order valence-corrected chi connectivity index (χ1v) is 8.74. The molecule has 3 atom stereocenters. The number of nitrogens with zero attached hydrogens (tertiary/aromatic N) is 1. The van der Waals surface area contributed by atoms with Crippen LogP contribution in [0, 0.1) is 5.92 Å². The van der Waals surface area contributed by atoms with Gasteiger partial charge in [0, 0.05) is 24.7 Å². The van der Waals surface area contributed by atoms with Crippen LogP contribution in [0.15, 0.2) is 24.3 Å². The number of hydrogen-bond donors (Lipinski definition) is 2. The molecule has 2 N–H and O–H groups in total. The zero-order chi connectivity index (χ0) is 17.7. The summed E-state index contributed by atoms with van der Waals surface area (Å²) in [5.41, 5.74) is 1.22. The molecule has 5 nitrogen and oxygen atoms in total. The van der Waals surface area contributed by atoms with E-state index in [4.69, 9.17) is 16.7 Å². The molecule has 1 aliphatic rings. The molecule has 132 valence electrons. The van der Waals surface area contributed by atoms with Crippen LogP contribution in [0.5, 0.6) is 0 Å². The minimum atomic E-state index is -0.895. The number of nitrogens with one attached hydrogen (secondary N) is 1. The lowest BCUT2D eigenvalue weighted by Crippen LogP contribution is -2.46. The van der Waals surface area contributed by atoms with Crippen molar-refractivity contribution in [3.8, 4) is 0 Å². The fraction of sp³-hybridized carbons (Fsp3) is 0.556. The van der Waals surface area contributed by atoms with Gasteiger partial charge in [0.15, 0.2) is 0 Å². The average Bonchev–Trinajstić information content (AvgIpc) is 2.54. The Labute approximate surface area is 148 Å². The summed E-state index contributed by atoms with van der Waals surface area (Å²) in [4.78, 5) is 24.6. The number of rotatable bonds is 5. The minimum absolute atomic E-state index is 0.109. The van der Waals surface area contributed by atoms with Gasteiger partial charge in [0.25, 0.3) is 0 Å². The number of hydrogen-bond acceptors (Lipinski definition) is 2. The topological polar surface area (TPSA) is 69.6 Å². The summed E-state index contributed by atoms with van der Waals surface area (Å²) in [6.07, 6.45) is 3.98. The molecule has 6 heteroatoms. The first kappa shape index (κ1) is 18.6. The molecule has 3 unspecified atom stereocenters. The highest BCUT2D eigenvalue weighted by molar-refractivity contribution is 6.30. The van der Waals surface area contributed by atoms with E-state index < -0.39 is 11.9 Å². The van der Waals surface area contributed by atoms with Crippen LogP contribution in [0.2, 0.25) is 5.02 Å². The number of carboxylic acid groups (broad SMARTS) is 1. The highest BCUT2D eigenvalue weighted by Gasteiger charge is 2.26. The van der Waals surface area contributed by atoms with Crippen molar-refractivity contribution in [3.63, 3.8) is 0 Å². The number of aliphatic carboxylic acids is 1. The molecule has 2 amide bonds. The van der Waals surface area contributed by atoms with Crippen molar-refractivity contribution in [1.29, 1.82) is 0 Å². The maximum absolute atomic E-state index is 12.3. The number of benzene rings is 1. The third-order valence-corrected chi connectivity index (χ3v) is 4.87. The molecule has 24 heavy (non-hydrogen) atoms. The monoisotopic (exact) mass is 352 g/mol. The molecule has 1 aromatic rings. The Balaban J connectivity index is 1.90. The van der Waals surface area contributed by atoms with E-state index in [2.05, 4.69) is 11.4 Å². The highest BCUT2D eigenvalue weighted by atomic mass is 35.5. The summed E-state index contributed by atoms with van der Waals surface area (Å²) in [6, 6.07) is 7.81. The standard InChI is InChI=1S/C18H25ClN2O3/c1-12(17(22)23)11-21(2)18(24)20-16-8-4-6-14(10-16)13-5-3-7-15(19)9-13/h3,5,7,9,12,14,16H,4,6,8,10-11H2,1-2H3,(H,20,24)(H,22,23). The zero-order valence-corrected chi connectivity index (χ0v) is 14.9. The number of amides is 2. The van der Waals surface area contributed by atoms with Gasteiger partial charge in [0.2, 0.25) is 0 Å². The molecule has 1 aliphatic carbocycles. The van der Waals surface area contributed by atoms with Crippen LogP contribution in [-0.2, 0) is 4.79 Å². The lowest BCUT2D eigenvalue weighted by atomic mass is 9.81. The molecule has 0 aromatic heterocycles. The summed E-state index contributed by atoms with van der Waals surface area (Å²) in [6.45, 7) is 1.80. The van der Waals surface area contributed by atoms with Crippen LogP contribution in [0.3, 0.4) is 0 Å². The van der Waals surface area contributed by atoms with Crippen molar-refractivity contribution in [2.45, 2.75) is 44.6 Å². The molecule has 1 fully saturated rings. The SMILES string of the molecule is CC(CN(C)C(=O)NC1CCCC(c2cccc(Cl)c2)C1)C(=O)O. The maximum atomic E-state index is 12.3. The Morgan fingerprint density at radius 3 is 2.83 bits per heavy atom. The van der Waals surface area contributed by atoms with E-state index in [1.165, 1.54) is 10.5 Å². The molecule has 0 spiro atoms. The van der Waals surface area contributed by atoms with E-state index in [9.17, 15) is 9.59 Å². The van der Waals surface area contributed by atoms with Crippen LogP contribution >= 0.6 is 11.6 Å². The molecule has 0 heterocycles. The van der Waals surface area contributed by atoms with Crippen molar-refractivity contribution in [1.82, 2.24) is 10.2 Å². The van der Waals surface area contributed by atoms with Crippen molar-refractivity contribution < 1.29 is 14.7 Å². The average molecular weight is 353 g/mol. The first-order valence-electron chi connectivity index (χ1n) is 8.36. The molecule has 1 aromatic carbocycles. The van der Waals surface area contributed by atoms with Gasteiger partial charge in [0.05, 0.1) is 5.92 Å². The van der Waals surface area contributed by atoms with Gasteiger partial charge < -0.3 is 15.3 Å². The zero-order valence-electron chi connectivity index (χ0n) is 14.2. The molecule has 0 aliphatic heterocycles. The van der Waals surface area contributed by atoms with Gasteiger partial charge in [-0.15, -0.1) is 0 Å². The molecular formula is C18H25ClN2O3. The first-order chi connectivity index (χ1) is 11.4. The molecule has 0 radical (unpaired) electrons. The van der Waals surface area contributed by atoms with E-state index in [1.54, 1.807) is 14.0 Å². The van der Waals surface area contributed by atoms with E-state index >= 15 is 0 Å². The number of carbonyl (C=O) groups is 2. The number of carbonyl (C=O) groups excluding carboxylic acids is 1. The second-order valence-corrected chi connectivity index (χ2v) is 7.12. The smallest absolute Gasteiger partial charge is 0.317 e. The lowest BCUT2D eigenvalue weighted by molar-refractivity contribution is -0.141. The van der Waals surface area contributed by atoms with Crippen molar-refractivity contribution in [2.24, 2.45) is 5.92 Å². The summed E-state index contributed by atoms with van der Waals surface area (Å²) in [5.74, 6) is -1.08. The largest absolute Gasteiger partial charge is 0.481 e. The predicted octanol–water partition coefficient (Wildman–Crippen LogP) is 3.73. The summed E-state index contributed by atoms with van der Waals surface area (Å²) < 4.78 is 0. The van der Waals surface area contributed by atoms with Crippen molar-refractivity contribution in [2.75, 3.05) is 13.6 Å². The molecule has 2 rings (SSSR count). The van der Waals surface area contributed by atoms with E-state index in [0.29, 0.717) is 5.92 Å². The van der Waals surface area contributed by atoms with Crippen molar-refractivity contribution >= 4 is 23.6 Å². The minimum Gasteiger partial charge on any atom is -0.481 e. The van der Waals surface area contributed by atoms with Gasteiger partial charge in [-0.1, -0.05) is 37.1 Å². The maximum Gasteiger partial charge on any atom is 0.317 e. The molecule has 1 saturated carbocycles. The Morgan fingerprint density at radius 1 is 1.42 bits per heavy atom. The van der Waals surface area contributed by atoms with Crippen LogP contribution in [0.4, 0.5) is 4.79 Å². The van der Waals surface area contributed by atoms with Gasteiger partial charge in [-0.05, 0) is 42.9 Å².